The first-order chi connectivity index (χ1) is 6.95. The maximum atomic E-state index is 3.93. The maximum absolute atomic E-state index is 3.93. The summed E-state index contributed by atoms with van der Waals surface area (Å²) >= 11 is 0. The Morgan fingerprint density at radius 2 is 2.07 bits per heavy atom. The second-order valence-electron chi connectivity index (χ2n) is 2.93. The largest absolute Gasteiger partial charge is 0.307 e. The second kappa shape index (κ2) is 4.48. The Bertz CT molecular complexity index is 356. The molecule has 2 rings (SSSR count). The van der Waals surface area contributed by atoms with Crippen LogP contribution in [0.1, 0.15) is 11.3 Å². The van der Waals surface area contributed by atoms with Crippen LogP contribution >= 0.6 is 0 Å². The van der Waals surface area contributed by atoms with Crippen LogP contribution in [0.15, 0.2) is 31.0 Å². The summed E-state index contributed by atoms with van der Waals surface area (Å²) in [7, 11) is 0. The zero-order valence-corrected chi connectivity index (χ0v) is 7.64. The van der Waals surface area contributed by atoms with Crippen LogP contribution in [0.25, 0.3) is 0 Å². The van der Waals surface area contributed by atoms with E-state index in [-0.39, 0.29) is 0 Å². The molecule has 5 nitrogen and oxygen atoms in total. The van der Waals surface area contributed by atoms with E-state index in [2.05, 4.69) is 25.5 Å². The molecule has 72 valence electrons. The molecule has 2 N–H and O–H groups in total. The third kappa shape index (κ3) is 2.37. The van der Waals surface area contributed by atoms with Gasteiger partial charge in [0.1, 0.15) is 6.33 Å². The highest BCUT2D eigenvalue weighted by Crippen LogP contribution is 1.94. The molecule has 0 radical (unpaired) electrons. The van der Waals surface area contributed by atoms with E-state index in [1.54, 1.807) is 18.6 Å². The number of nitrogens with one attached hydrogen (secondary N) is 2. The van der Waals surface area contributed by atoms with Gasteiger partial charge in [-0.3, -0.25) is 5.10 Å². The van der Waals surface area contributed by atoms with Crippen molar-refractivity contribution >= 4 is 0 Å². The minimum Gasteiger partial charge on any atom is -0.307 e. The molecule has 0 aromatic carbocycles. The van der Waals surface area contributed by atoms with Crippen LogP contribution in [0.2, 0.25) is 0 Å². The van der Waals surface area contributed by atoms with Crippen molar-refractivity contribution < 1.29 is 0 Å². The lowest BCUT2D eigenvalue weighted by Gasteiger charge is -2.01. The van der Waals surface area contributed by atoms with E-state index >= 15 is 0 Å². The lowest BCUT2D eigenvalue weighted by atomic mass is 10.3. The maximum Gasteiger partial charge on any atom is 0.115 e. The molecule has 0 saturated carbocycles. The Morgan fingerprint density at radius 3 is 2.79 bits per heavy atom. The van der Waals surface area contributed by atoms with Gasteiger partial charge in [-0.1, -0.05) is 0 Å². The molecule has 14 heavy (non-hydrogen) atoms. The van der Waals surface area contributed by atoms with Gasteiger partial charge in [-0.05, 0) is 6.07 Å². The highest BCUT2D eigenvalue weighted by Gasteiger charge is 1.94. The fraction of sp³-hybridized carbons (Fsp3) is 0.222. The molecule has 0 amide bonds. The SMILES string of the molecule is c1ncc(CNCc2ccn[nH]2)cn1. The molecule has 0 aliphatic rings. The van der Waals surface area contributed by atoms with Crippen molar-refractivity contribution in [2.75, 3.05) is 0 Å². The van der Waals surface area contributed by atoms with Gasteiger partial charge in [0.2, 0.25) is 0 Å². The molecule has 5 heteroatoms. The van der Waals surface area contributed by atoms with Crippen molar-refractivity contribution in [3.8, 4) is 0 Å². The first-order valence-electron chi connectivity index (χ1n) is 4.38. The summed E-state index contributed by atoms with van der Waals surface area (Å²) in [5.74, 6) is 0. The summed E-state index contributed by atoms with van der Waals surface area (Å²) in [6, 6.07) is 1.94. The molecule has 0 bridgehead atoms. The molecule has 0 spiro atoms. The van der Waals surface area contributed by atoms with Gasteiger partial charge < -0.3 is 5.32 Å². The van der Waals surface area contributed by atoms with E-state index in [0.29, 0.717) is 0 Å². The molecule has 2 aromatic rings. The zero-order valence-electron chi connectivity index (χ0n) is 7.64. The Labute approximate surface area is 81.6 Å². The van der Waals surface area contributed by atoms with Crippen molar-refractivity contribution in [1.82, 2.24) is 25.5 Å². The molecule has 0 aliphatic heterocycles. The quantitative estimate of drug-likeness (QED) is 0.734. The lowest BCUT2D eigenvalue weighted by Crippen LogP contribution is -2.13. The molecular weight excluding hydrogens is 178 g/mol. The average Bonchev–Trinajstić information content (AvgIpc) is 2.72. The number of aromatic amines is 1. The molecule has 0 unspecified atom stereocenters. The van der Waals surface area contributed by atoms with E-state index in [4.69, 9.17) is 0 Å². The summed E-state index contributed by atoms with van der Waals surface area (Å²) in [5.41, 5.74) is 2.15. The van der Waals surface area contributed by atoms with Gasteiger partial charge in [-0.15, -0.1) is 0 Å². The Morgan fingerprint density at radius 1 is 1.21 bits per heavy atom. The highest BCUT2D eigenvalue weighted by molar-refractivity contribution is 5.02. The van der Waals surface area contributed by atoms with E-state index in [1.165, 1.54) is 6.33 Å². The molecule has 2 heterocycles. The predicted molar refractivity (Wildman–Crippen MR) is 51.2 cm³/mol. The van der Waals surface area contributed by atoms with Crippen LogP contribution in [0.3, 0.4) is 0 Å². The summed E-state index contributed by atoms with van der Waals surface area (Å²) in [6.07, 6.45) is 6.86. The van der Waals surface area contributed by atoms with Crippen LogP contribution < -0.4 is 5.32 Å². The van der Waals surface area contributed by atoms with Crippen molar-refractivity contribution in [2.45, 2.75) is 13.1 Å². The van der Waals surface area contributed by atoms with Crippen LogP contribution in [0.5, 0.6) is 0 Å². The summed E-state index contributed by atoms with van der Waals surface area (Å²) < 4.78 is 0. The number of hydrogen-bond acceptors (Lipinski definition) is 4. The van der Waals surface area contributed by atoms with E-state index < -0.39 is 0 Å². The number of nitrogens with zero attached hydrogens (tertiary/aromatic N) is 3. The zero-order chi connectivity index (χ0) is 9.64. The minimum atomic E-state index is 0.764. The van der Waals surface area contributed by atoms with Gasteiger partial charge in [-0.2, -0.15) is 5.10 Å². The van der Waals surface area contributed by atoms with Gasteiger partial charge in [0.25, 0.3) is 0 Å². The Hall–Kier alpha value is -1.75. The molecule has 0 aliphatic carbocycles. The summed E-state index contributed by atoms with van der Waals surface area (Å²) in [6.45, 7) is 1.54. The van der Waals surface area contributed by atoms with Crippen LogP contribution in [-0.2, 0) is 13.1 Å². The van der Waals surface area contributed by atoms with Crippen molar-refractivity contribution in [3.05, 3.63) is 42.2 Å². The minimum absolute atomic E-state index is 0.764. The fourth-order valence-corrected chi connectivity index (χ4v) is 1.15. The molecule has 0 saturated heterocycles. The molecule has 0 fully saturated rings. The topological polar surface area (TPSA) is 66.5 Å². The fourth-order valence-electron chi connectivity index (χ4n) is 1.15. The smallest absolute Gasteiger partial charge is 0.115 e. The van der Waals surface area contributed by atoms with Gasteiger partial charge >= 0.3 is 0 Å². The van der Waals surface area contributed by atoms with Crippen LogP contribution in [0, 0.1) is 0 Å². The van der Waals surface area contributed by atoms with E-state index in [0.717, 1.165) is 24.3 Å². The monoisotopic (exact) mass is 189 g/mol. The average molecular weight is 189 g/mol. The third-order valence-electron chi connectivity index (χ3n) is 1.82. The predicted octanol–water partition coefficient (Wildman–Crippen LogP) is 0.489. The van der Waals surface area contributed by atoms with E-state index in [1.807, 2.05) is 6.07 Å². The van der Waals surface area contributed by atoms with Crippen LogP contribution in [0.4, 0.5) is 0 Å². The van der Waals surface area contributed by atoms with Gasteiger partial charge in [0, 0.05) is 42.9 Å². The second-order valence-corrected chi connectivity index (χ2v) is 2.93. The highest BCUT2D eigenvalue weighted by atomic mass is 15.1. The van der Waals surface area contributed by atoms with Crippen molar-refractivity contribution in [1.29, 1.82) is 0 Å². The van der Waals surface area contributed by atoms with Crippen molar-refractivity contribution in [3.63, 3.8) is 0 Å². The number of hydrogen-bond donors (Lipinski definition) is 2. The van der Waals surface area contributed by atoms with Gasteiger partial charge in [0.15, 0.2) is 0 Å². The summed E-state index contributed by atoms with van der Waals surface area (Å²) in [4.78, 5) is 7.86. The number of rotatable bonds is 4. The third-order valence-corrected chi connectivity index (χ3v) is 1.82. The molecule has 2 aromatic heterocycles. The normalized spacial score (nSPS) is 10.3. The molecular formula is C9H11N5. The Kier molecular flexibility index (Phi) is 2.82. The van der Waals surface area contributed by atoms with Crippen LogP contribution in [-0.4, -0.2) is 20.2 Å². The summed E-state index contributed by atoms with van der Waals surface area (Å²) in [5, 5.41) is 9.99. The molecule has 0 atom stereocenters. The Balaban J connectivity index is 1.79. The lowest BCUT2D eigenvalue weighted by molar-refractivity contribution is 0.673. The van der Waals surface area contributed by atoms with Crippen molar-refractivity contribution in [2.24, 2.45) is 0 Å². The first-order valence-corrected chi connectivity index (χ1v) is 4.38. The first kappa shape index (κ1) is 8.83. The standard InChI is InChI=1S/C9H11N5/c1-2-13-14-9(1)6-10-3-8-4-11-7-12-5-8/h1-2,4-5,7,10H,3,6H2,(H,13,14). The van der Waals surface area contributed by atoms with Gasteiger partial charge in [-0.25, -0.2) is 9.97 Å². The number of H-pyrrole nitrogens is 1. The van der Waals surface area contributed by atoms with Gasteiger partial charge in [0.05, 0.1) is 0 Å². The number of aromatic nitrogens is 4. The van der Waals surface area contributed by atoms with E-state index in [9.17, 15) is 0 Å².